The van der Waals surface area contributed by atoms with Gasteiger partial charge in [0.15, 0.2) is 0 Å². The lowest BCUT2D eigenvalue weighted by molar-refractivity contribution is 0.200. The molecule has 1 heterocycles. The van der Waals surface area contributed by atoms with E-state index in [0.717, 1.165) is 11.3 Å². The van der Waals surface area contributed by atoms with Gasteiger partial charge in [-0.2, -0.15) is 0 Å². The summed E-state index contributed by atoms with van der Waals surface area (Å²) in [4.78, 5) is 0. The maximum atomic E-state index is 12.1. The predicted molar refractivity (Wildman–Crippen MR) is 77.2 cm³/mol. The minimum Gasteiger partial charge on any atom is -0.389 e. The molecule has 4 nitrogen and oxygen atoms in total. The van der Waals surface area contributed by atoms with Gasteiger partial charge in [0.25, 0.3) is 10.0 Å². The van der Waals surface area contributed by atoms with E-state index in [1.165, 1.54) is 12.1 Å². The highest BCUT2D eigenvalue weighted by molar-refractivity contribution is 7.94. The molecule has 2 rings (SSSR count). The Morgan fingerprint density at radius 2 is 1.95 bits per heavy atom. The van der Waals surface area contributed by atoms with Crippen molar-refractivity contribution < 1.29 is 13.5 Å². The second-order valence-electron chi connectivity index (χ2n) is 3.93. The van der Waals surface area contributed by atoms with Crippen LogP contribution in [0.1, 0.15) is 18.6 Å². The average Bonchev–Trinajstić information content (AvgIpc) is 2.76. The number of aliphatic hydroxyl groups is 1. The summed E-state index contributed by atoms with van der Waals surface area (Å²) in [6.45, 7) is 1.58. The van der Waals surface area contributed by atoms with Crippen LogP contribution < -0.4 is 4.72 Å². The molecule has 0 aliphatic carbocycles. The van der Waals surface area contributed by atoms with E-state index < -0.39 is 16.1 Å². The summed E-state index contributed by atoms with van der Waals surface area (Å²) in [5.74, 6) is 0. The fraction of sp³-hybridized carbons (Fsp3) is 0.167. The quantitative estimate of drug-likeness (QED) is 0.909. The Hall–Kier alpha value is -1.08. The summed E-state index contributed by atoms with van der Waals surface area (Å²) in [7, 11) is -3.68. The number of aliphatic hydroxyl groups excluding tert-OH is 1. The Labute approximate surface area is 120 Å². The highest BCUT2D eigenvalue weighted by Crippen LogP contribution is 2.29. The van der Waals surface area contributed by atoms with E-state index in [0.29, 0.717) is 15.6 Å². The van der Waals surface area contributed by atoms with Crippen molar-refractivity contribution in [3.05, 3.63) is 46.3 Å². The lowest BCUT2D eigenvalue weighted by Crippen LogP contribution is -2.13. The highest BCUT2D eigenvalue weighted by Gasteiger charge is 2.19. The van der Waals surface area contributed by atoms with Crippen LogP contribution >= 0.6 is 22.9 Å². The number of hydrogen-bond donors (Lipinski definition) is 2. The summed E-state index contributed by atoms with van der Waals surface area (Å²) >= 11 is 6.72. The monoisotopic (exact) mass is 317 g/mol. The molecular formula is C12H12ClNO3S2. The zero-order chi connectivity index (χ0) is 14.0. The molecule has 1 aromatic heterocycles. The standard InChI is InChI=1S/C12H12ClNO3S2/c1-8(15)9-4-2-3-5-10(9)14-19(16,17)12-7-6-11(13)18-12/h2-8,14-15H,1H3. The summed E-state index contributed by atoms with van der Waals surface area (Å²) in [6.07, 6.45) is -0.758. The topological polar surface area (TPSA) is 66.4 Å². The van der Waals surface area contributed by atoms with Crippen LogP contribution in [0.15, 0.2) is 40.6 Å². The van der Waals surface area contributed by atoms with Crippen LogP contribution in [0.25, 0.3) is 0 Å². The first-order chi connectivity index (χ1) is 8.90. The minimum atomic E-state index is -3.68. The predicted octanol–water partition coefficient (Wildman–Crippen LogP) is 3.26. The molecule has 0 saturated carbocycles. The van der Waals surface area contributed by atoms with Crippen LogP contribution in [0, 0.1) is 0 Å². The van der Waals surface area contributed by atoms with Crippen molar-refractivity contribution in [2.45, 2.75) is 17.2 Å². The second-order valence-corrected chi connectivity index (χ2v) is 7.55. The molecule has 102 valence electrons. The lowest BCUT2D eigenvalue weighted by Gasteiger charge is -2.13. The van der Waals surface area contributed by atoms with E-state index >= 15 is 0 Å². The van der Waals surface area contributed by atoms with Crippen molar-refractivity contribution in [3.63, 3.8) is 0 Å². The van der Waals surface area contributed by atoms with Gasteiger partial charge in [-0.05, 0) is 25.1 Å². The van der Waals surface area contributed by atoms with Gasteiger partial charge in [-0.3, -0.25) is 4.72 Å². The summed E-state index contributed by atoms with van der Waals surface area (Å²) in [6, 6.07) is 9.69. The van der Waals surface area contributed by atoms with Crippen LogP contribution in [0.3, 0.4) is 0 Å². The molecule has 0 saturated heterocycles. The first kappa shape index (κ1) is 14.3. The Morgan fingerprint density at radius 1 is 1.26 bits per heavy atom. The molecule has 1 aromatic carbocycles. The van der Waals surface area contributed by atoms with E-state index in [1.807, 2.05) is 0 Å². The van der Waals surface area contributed by atoms with Crippen molar-refractivity contribution in [3.8, 4) is 0 Å². The van der Waals surface area contributed by atoms with Gasteiger partial charge in [0.05, 0.1) is 16.1 Å². The van der Waals surface area contributed by atoms with Gasteiger partial charge < -0.3 is 5.11 Å². The van der Waals surface area contributed by atoms with Gasteiger partial charge in [0, 0.05) is 5.56 Å². The molecule has 1 unspecified atom stereocenters. The van der Waals surface area contributed by atoms with Crippen LogP contribution in [0.4, 0.5) is 5.69 Å². The number of benzene rings is 1. The van der Waals surface area contributed by atoms with E-state index in [9.17, 15) is 13.5 Å². The second kappa shape index (κ2) is 5.50. The Morgan fingerprint density at radius 3 is 2.53 bits per heavy atom. The van der Waals surface area contributed by atoms with Crippen molar-refractivity contribution in [2.75, 3.05) is 4.72 Å². The molecule has 1 atom stereocenters. The first-order valence-corrected chi connectivity index (χ1v) is 8.13. The van der Waals surface area contributed by atoms with Crippen LogP contribution in [0.2, 0.25) is 4.34 Å². The molecule has 0 bridgehead atoms. The number of rotatable bonds is 4. The number of para-hydroxylation sites is 1. The number of sulfonamides is 1. The van der Waals surface area contributed by atoms with Crippen molar-refractivity contribution in [1.29, 1.82) is 0 Å². The Kier molecular flexibility index (Phi) is 4.15. The molecule has 19 heavy (non-hydrogen) atoms. The average molecular weight is 318 g/mol. The smallest absolute Gasteiger partial charge is 0.271 e. The normalized spacial score (nSPS) is 13.2. The number of thiophene rings is 1. The van der Waals surface area contributed by atoms with Gasteiger partial charge in [-0.1, -0.05) is 29.8 Å². The SMILES string of the molecule is CC(O)c1ccccc1NS(=O)(=O)c1ccc(Cl)s1. The minimum absolute atomic E-state index is 0.137. The third-order valence-electron chi connectivity index (χ3n) is 2.47. The van der Waals surface area contributed by atoms with E-state index in [-0.39, 0.29) is 4.21 Å². The summed E-state index contributed by atoms with van der Waals surface area (Å²) in [5, 5.41) is 9.62. The van der Waals surface area contributed by atoms with Gasteiger partial charge in [0.1, 0.15) is 4.21 Å². The van der Waals surface area contributed by atoms with Crippen LogP contribution in [0.5, 0.6) is 0 Å². The zero-order valence-electron chi connectivity index (χ0n) is 10.00. The molecule has 0 amide bonds. The van der Waals surface area contributed by atoms with Crippen LogP contribution in [-0.2, 0) is 10.0 Å². The van der Waals surface area contributed by atoms with Gasteiger partial charge >= 0.3 is 0 Å². The summed E-state index contributed by atoms with van der Waals surface area (Å²) < 4.78 is 27.3. The van der Waals surface area contributed by atoms with Gasteiger partial charge in [0.2, 0.25) is 0 Å². The Bertz CT molecular complexity index is 680. The molecule has 2 aromatic rings. The van der Waals surface area contributed by atoms with Crippen molar-refractivity contribution in [1.82, 2.24) is 0 Å². The van der Waals surface area contributed by atoms with Crippen molar-refractivity contribution in [2.24, 2.45) is 0 Å². The largest absolute Gasteiger partial charge is 0.389 e. The Balaban J connectivity index is 2.36. The van der Waals surface area contributed by atoms with Crippen molar-refractivity contribution >= 4 is 38.6 Å². The number of anilines is 1. The molecule has 0 radical (unpaired) electrons. The molecular weight excluding hydrogens is 306 g/mol. The highest BCUT2D eigenvalue weighted by atomic mass is 35.5. The lowest BCUT2D eigenvalue weighted by atomic mass is 10.1. The van der Waals surface area contributed by atoms with Crippen LogP contribution in [-0.4, -0.2) is 13.5 Å². The molecule has 0 aliphatic rings. The van der Waals surface area contributed by atoms with Gasteiger partial charge in [-0.25, -0.2) is 8.42 Å². The van der Waals surface area contributed by atoms with E-state index in [4.69, 9.17) is 11.6 Å². The fourth-order valence-electron chi connectivity index (χ4n) is 1.59. The molecule has 0 aliphatic heterocycles. The number of halogens is 1. The molecule has 7 heteroatoms. The third-order valence-corrected chi connectivity index (χ3v) is 5.56. The maximum Gasteiger partial charge on any atom is 0.271 e. The summed E-state index contributed by atoms with van der Waals surface area (Å²) in [5.41, 5.74) is 0.885. The van der Waals surface area contributed by atoms with E-state index in [2.05, 4.69) is 4.72 Å². The van der Waals surface area contributed by atoms with E-state index in [1.54, 1.807) is 31.2 Å². The maximum absolute atomic E-state index is 12.1. The molecule has 0 fully saturated rings. The van der Waals surface area contributed by atoms with Gasteiger partial charge in [-0.15, -0.1) is 11.3 Å². The number of nitrogens with one attached hydrogen (secondary N) is 1. The molecule has 0 spiro atoms. The zero-order valence-corrected chi connectivity index (χ0v) is 12.4. The number of hydrogen-bond acceptors (Lipinski definition) is 4. The fourth-order valence-corrected chi connectivity index (χ4v) is 4.16. The third kappa shape index (κ3) is 3.27. The first-order valence-electron chi connectivity index (χ1n) is 5.45. The molecule has 2 N–H and O–H groups in total.